The highest BCUT2D eigenvalue weighted by atomic mass is 32.2. The second kappa shape index (κ2) is 9.73. The third-order valence-electron chi connectivity index (χ3n) is 4.57. The molecule has 30 heavy (non-hydrogen) atoms. The number of hydrogen-bond donors (Lipinski definition) is 1. The minimum atomic E-state index is -3.60. The molecule has 0 unspecified atom stereocenters. The predicted molar refractivity (Wildman–Crippen MR) is 116 cm³/mol. The summed E-state index contributed by atoms with van der Waals surface area (Å²) in [5, 5.41) is 2.74. The number of anilines is 2. The summed E-state index contributed by atoms with van der Waals surface area (Å²) in [7, 11) is -0.492. The predicted octanol–water partition coefficient (Wildman–Crippen LogP) is 3.56. The van der Waals surface area contributed by atoms with Crippen molar-refractivity contribution >= 4 is 33.4 Å². The van der Waals surface area contributed by atoms with Crippen LogP contribution in [-0.4, -0.2) is 51.5 Å². The number of carbonyl (C=O) groups is 2. The van der Waals surface area contributed by atoms with E-state index in [1.54, 1.807) is 52.1 Å². The lowest BCUT2D eigenvalue weighted by atomic mass is 10.2. The summed E-state index contributed by atoms with van der Waals surface area (Å²) in [5.74, 6) is -0.373. The van der Waals surface area contributed by atoms with E-state index in [2.05, 4.69) is 5.32 Å². The number of sulfonamides is 1. The molecule has 0 saturated heterocycles. The minimum Gasteiger partial charge on any atom is -0.449 e. The molecule has 0 aromatic heterocycles. The number of nitrogens with zero attached hydrogens (tertiary/aromatic N) is 2. The van der Waals surface area contributed by atoms with Crippen molar-refractivity contribution < 1.29 is 22.7 Å². The largest absolute Gasteiger partial charge is 0.449 e. The van der Waals surface area contributed by atoms with Crippen LogP contribution in [0.25, 0.3) is 0 Å². The summed E-state index contributed by atoms with van der Waals surface area (Å²) in [6.07, 6.45) is -0.465. The van der Waals surface area contributed by atoms with Gasteiger partial charge in [-0.15, -0.1) is 0 Å². The number of rotatable bonds is 7. The van der Waals surface area contributed by atoms with Crippen molar-refractivity contribution in [1.29, 1.82) is 0 Å². The molecule has 9 heteroatoms. The Hall–Kier alpha value is -2.91. The molecular weight excluding hydrogens is 406 g/mol. The van der Waals surface area contributed by atoms with Crippen LogP contribution in [0.3, 0.4) is 0 Å². The van der Waals surface area contributed by atoms with E-state index >= 15 is 0 Å². The molecule has 0 aliphatic rings. The normalized spacial score (nSPS) is 11.4. The molecule has 0 bridgehead atoms. The smallest absolute Gasteiger partial charge is 0.413 e. The molecule has 0 fully saturated rings. The van der Waals surface area contributed by atoms with E-state index in [0.717, 1.165) is 0 Å². The molecule has 0 spiro atoms. The molecule has 0 aliphatic carbocycles. The number of ether oxygens (including phenoxy) is 1. The molecule has 2 aromatic carbocycles. The summed E-state index contributed by atoms with van der Waals surface area (Å²) >= 11 is 0. The number of benzene rings is 2. The highest BCUT2D eigenvalue weighted by Gasteiger charge is 2.23. The van der Waals surface area contributed by atoms with Gasteiger partial charge in [-0.2, -0.15) is 4.31 Å². The maximum absolute atomic E-state index is 12.5. The first-order valence-electron chi connectivity index (χ1n) is 9.48. The number of carbonyl (C=O) groups excluding carboxylic acids is 2. The average Bonchev–Trinajstić information content (AvgIpc) is 2.73. The van der Waals surface area contributed by atoms with Gasteiger partial charge >= 0.3 is 6.09 Å². The number of nitrogens with one attached hydrogen (secondary N) is 1. The van der Waals surface area contributed by atoms with Crippen LogP contribution in [0.1, 0.15) is 31.1 Å². The first kappa shape index (κ1) is 23.4. The summed E-state index contributed by atoms with van der Waals surface area (Å²) in [6.45, 7) is 5.59. The third kappa shape index (κ3) is 5.37. The molecule has 2 amide bonds. The number of amides is 2. The first-order chi connectivity index (χ1) is 14.1. The van der Waals surface area contributed by atoms with Crippen LogP contribution >= 0.6 is 0 Å². The van der Waals surface area contributed by atoms with Crippen LogP contribution in [0, 0.1) is 0 Å². The van der Waals surface area contributed by atoms with Gasteiger partial charge in [-0.3, -0.25) is 9.69 Å². The van der Waals surface area contributed by atoms with Gasteiger partial charge in [-0.1, -0.05) is 0 Å². The van der Waals surface area contributed by atoms with E-state index in [0.29, 0.717) is 16.9 Å². The van der Waals surface area contributed by atoms with Gasteiger partial charge in [0, 0.05) is 37.1 Å². The summed E-state index contributed by atoms with van der Waals surface area (Å²) in [6, 6.07) is 12.3. The van der Waals surface area contributed by atoms with Crippen molar-refractivity contribution in [3.63, 3.8) is 0 Å². The SMILES string of the molecule is CCOC(=O)N(C)c1ccc(NC(=O)c2ccc(S(=O)(=O)N(C)C(C)C)cc2)cc1. The van der Waals surface area contributed by atoms with Crippen molar-refractivity contribution in [2.75, 3.05) is 30.9 Å². The van der Waals surface area contributed by atoms with Crippen LogP contribution in [0.5, 0.6) is 0 Å². The van der Waals surface area contributed by atoms with Gasteiger partial charge in [0.25, 0.3) is 5.91 Å². The van der Waals surface area contributed by atoms with Crippen LogP contribution < -0.4 is 10.2 Å². The van der Waals surface area contributed by atoms with Gasteiger partial charge in [-0.25, -0.2) is 13.2 Å². The Morgan fingerprint density at radius 1 is 1.00 bits per heavy atom. The Morgan fingerprint density at radius 3 is 2.07 bits per heavy atom. The van der Waals surface area contributed by atoms with Crippen LogP contribution in [0.4, 0.5) is 16.2 Å². The maximum atomic E-state index is 12.5. The average molecular weight is 434 g/mol. The Balaban J connectivity index is 2.09. The highest BCUT2D eigenvalue weighted by molar-refractivity contribution is 7.89. The molecular formula is C21H27N3O5S. The van der Waals surface area contributed by atoms with E-state index in [9.17, 15) is 18.0 Å². The van der Waals surface area contributed by atoms with Crippen LogP contribution in [0.15, 0.2) is 53.4 Å². The van der Waals surface area contributed by atoms with E-state index in [1.165, 1.54) is 40.5 Å². The standard InChI is InChI=1S/C21H27N3O5S/c1-6-29-21(26)23(4)18-11-9-17(10-12-18)22-20(25)16-7-13-19(14-8-16)30(27,28)24(5)15(2)3/h7-15H,6H2,1-5H3,(H,22,25). The Bertz CT molecular complexity index is 986. The zero-order chi connectivity index (χ0) is 22.5. The van der Waals surface area contributed by atoms with Gasteiger partial charge < -0.3 is 10.1 Å². The molecule has 8 nitrogen and oxygen atoms in total. The van der Waals surface area contributed by atoms with Crippen LogP contribution in [0.2, 0.25) is 0 Å². The Kier molecular flexibility index (Phi) is 7.58. The van der Waals surface area contributed by atoms with Crippen molar-refractivity contribution in [2.45, 2.75) is 31.7 Å². The van der Waals surface area contributed by atoms with Gasteiger partial charge in [-0.05, 0) is 69.3 Å². The van der Waals surface area contributed by atoms with Gasteiger partial charge in [0.1, 0.15) is 0 Å². The molecule has 162 valence electrons. The van der Waals surface area contributed by atoms with Crippen LogP contribution in [-0.2, 0) is 14.8 Å². The molecule has 0 heterocycles. The molecule has 2 rings (SSSR count). The van der Waals surface area contributed by atoms with Crippen molar-refractivity contribution in [2.24, 2.45) is 0 Å². The summed E-state index contributed by atoms with van der Waals surface area (Å²) in [5.41, 5.74) is 1.49. The lowest BCUT2D eigenvalue weighted by Crippen LogP contribution is -2.33. The molecule has 2 aromatic rings. The second-order valence-electron chi connectivity index (χ2n) is 6.90. The molecule has 0 radical (unpaired) electrons. The summed E-state index contributed by atoms with van der Waals surface area (Å²) in [4.78, 5) is 25.7. The first-order valence-corrected chi connectivity index (χ1v) is 10.9. The topological polar surface area (TPSA) is 96.0 Å². The van der Waals surface area contributed by atoms with Crippen molar-refractivity contribution in [3.8, 4) is 0 Å². The monoisotopic (exact) mass is 433 g/mol. The lowest BCUT2D eigenvalue weighted by Gasteiger charge is -2.21. The Labute approximate surface area is 177 Å². The quantitative estimate of drug-likeness (QED) is 0.720. The van der Waals surface area contributed by atoms with E-state index in [-0.39, 0.29) is 23.5 Å². The third-order valence-corrected chi connectivity index (χ3v) is 6.62. The maximum Gasteiger partial charge on any atom is 0.413 e. The Morgan fingerprint density at radius 2 is 1.57 bits per heavy atom. The van der Waals surface area contributed by atoms with E-state index in [1.807, 2.05) is 0 Å². The molecule has 1 N–H and O–H groups in total. The van der Waals surface area contributed by atoms with Gasteiger partial charge in [0.05, 0.1) is 11.5 Å². The molecule has 0 atom stereocenters. The van der Waals surface area contributed by atoms with Gasteiger partial charge in [0.2, 0.25) is 10.0 Å². The fourth-order valence-electron chi connectivity index (χ4n) is 2.52. The van der Waals surface area contributed by atoms with Gasteiger partial charge in [0.15, 0.2) is 0 Å². The zero-order valence-electron chi connectivity index (χ0n) is 17.7. The van der Waals surface area contributed by atoms with Crippen molar-refractivity contribution in [3.05, 3.63) is 54.1 Å². The highest BCUT2D eigenvalue weighted by Crippen LogP contribution is 2.20. The minimum absolute atomic E-state index is 0.126. The fraction of sp³-hybridized carbons (Fsp3) is 0.333. The second-order valence-corrected chi connectivity index (χ2v) is 8.90. The van der Waals surface area contributed by atoms with Crippen molar-refractivity contribution in [1.82, 2.24) is 4.31 Å². The molecule has 0 saturated carbocycles. The summed E-state index contributed by atoms with van der Waals surface area (Å²) < 4.78 is 31.2. The fourth-order valence-corrected chi connectivity index (χ4v) is 3.89. The van der Waals surface area contributed by atoms with E-state index in [4.69, 9.17) is 4.74 Å². The zero-order valence-corrected chi connectivity index (χ0v) is 18.6. The lowest BCUT2D eigenvalue weighted by molar-refractivity contribution is 0.102. The number of hydrogen-bond acceptors (Lipinski definition) is 5. The van der Waals surface area contributed by atoms with E-state index < -0.39 is 16.1 Å². The molecule has 0 aliphatic heterocycles.